The summed E-state index contributed by atoms with van der Waals surface area (Å²) in [6.45, 7) is 3.22. The average molecular weight is 478 g/mol. The standard InChI is InChI=1S/C22H24BrNO6/c1-4-28-21(15-5-6-18-19(11-15)30-8-7-29-18)17(25)13-24-12-14-9-16(23)22(27-3)20(10-14)26-2/h5-6,9-12,21H,4,7-8,13H2,1-3H3. The quantitative estimate of drug-likeness (QED) is 0.508. The van der Waals surface area contributed by atoms with Gasteiger partial charge in [-0.25, -0.2) is 0 Å². The summed E-state index contributed by atoms with van der Waals surface area (Å²) in [5.74, 6) is 2.31. The van der Waals surface area contributed by atoms with Crippen molar-refractivity contribution in [3.8, 4) is 23.0 Å². The Morgan fingerprint density at radius 3 is 2.63 bits per heavy atom. The number of benzene rings is 2. The van der Waals surface area contributed by atoms with Crippen LogP contribution < -0.4 is 18.9 Å². The van der Waals surface area contributed by atoms with Gasteiger partial charge in [-0.15, -0.1) is 0 Å². The van der Waals surface area contributed by atoms with Crippen molar-refractivity contribution in [2.24, 2.45) is 4.99 Å². The third-order valence-electron chi connectivity index (χ3n) is 4.44. The molecule has 0 radical (unpaired) electrons. The number of ketones is 1. The summed E-state index contributed by atoms with van der Waals surface area (Å²) in [5.41, 5.74) is 1.50. The number of ether oxygens (including phenoxy) is 5. The van der Waals surface area contributed by atoms with Crippen molar-refractivity contribution in [2.75, 3.05) is 40.6 Å². The maximum absolute atomic E-state index is 12.8. The van der Waals surface area contributed by atoms with E-state index in [2.05, 4.69) is 20.9 Å². The van der Waals surface area contributed by atoms with Gasteiger partial charge in [-0.3, -0.25) is 9.79 Å². The van der Waals surface area contributed by atoms with Gasteiger partial charge in [0.1, 0.15) is 25.9 Å². The molecule has 0 aliphatic carbocycles. The normalized spacial score (nSPS) is 13.9. The largest absolute Gasteiger partial charge is 0.493 e. The molecule has 1 unspecified atom stereocenters. The third-order valence-corrected chi connectivity index (χ3v) is 5.03. The lowest BCUT2D eigenvalue weighted by Crippen LogP contribution is -2.20. The van der Waals surface area contributed by atoms with Crippen molar-refractivity contribution in [3.05, 3.63) is 45.9 Å². The smallest absolute Gasteiger partial charge is 0.187 e. The van der Waals surface area contributed by atoms with Crippen LogP contribution in [0.15, 0.2) is 39.8 Å². The number of hydrogen-bond acceptors (Lipinski definition) is 7. The highest BCUT2D eigenvalue weighted by Crippen LogP contribution is 2.36. The zero-order valence-corrected chi connectivity index (χ0v) is 18.7. The molecule has 0 fully saturated rings. The van der Waals surface area contributed by atoms with E-state index in [4.69, 9.17) is 23.7 Å². The van der Waals surface area contributed by atoms with Crippen LogP contribution in [0.25, 0.3) is 0 Å². The molecule has 30 heavy (non-hydrogen) atoms. The Balaban J connectivity index is 1.74. The molecule has 0 bridgehead atoms. The molecule has 7 nitrogen and oxygen atoms in total. The van der Waals surface area contributed by atoms with Crippen molar-refractivity contribution in [1.82, 2.24) is 0 Å². The van der Waals surface area contributed by atoms with Crippen LogP contribution in [-0.4, -0.2) is 52.6 Å². The molecular formula is C22H24BrNO6. The van der Waals surface area contributed by atoms with Crippen LogP contribution in [0.1, 0.15) is 24.2 Å². The van der Waals surface area contributed by atoms with E-state index >= 15 is 0 Å². The summed E-state index contributed by atoms with van der Waals surface area (Å²) in [7, 11) is 3.13. The summed E-state index contributed by atoms with van der Waals surface area (Å²) >= 11 is 3.45. The molecule has 0 N–H and O–H groups in total. The predicted molar refractivity (Wildman–Crippen MR) is 117 cm³/mol. The second kappa shape index (κ2) is 10.4. The van der Waals surface area contributed by atoms with Gasteiger partial charge in [0.15, 0.2) is 28.8 Å². The molecule has 1 aliphatic rings. The van der Waals surface area contributed by atoms with Crippen molar-refractivity contribution >= 4 is 27.9 Å². The molecule has 8 heteroatoms. The van der Waals surface area contributed by atoms with Crippen LogP contribution in [0.3, 0.4) is 0 Å². The Labute approximate surface area is 184 Å². The van der Waals surface area contributed by atoms with Crippen molar-refractivity contribution in [1.29, 1.82) is 0 Å². The molecule has 2 aromatic carbocycles. The van der Waals surface area contributed by atoms with Crippen LogP contribution in [0.5, 0.6) is 23.0 Å². The molecule has 3 rings (SSSR count). The molecule has 0 saturated heterocycles. The molecule has 2 aromatic rings. The van der Waals surface area contributed by atoms with E-state index in [0.717, 1.165) is 15.6 Å². The highest BCUT2D eigenvalue weighted by atomic mass is 79.9. The number of Topliss-reactive ketones (excluding diaryl/α,β-unsaturated/α-hetero) is 1. The highest BCUT2D eigenvalue weighted by molar-refractivity contribution is 9.10. The third kappa shape index (κ3) is 5.12. The molecule has 0 aromatic heterocycles. The zero-order chi connectivity index (χ0) is 21.5. The van der Waals surface area contributed by atoms with E-state index in [-0.39, 0.29) is 12.3 Å². The molecular weight excluding hydrogens is 454 g/mol. The fraction of sp³-hybridized carbons (Fsp3) is 0.364. The van der Waals surface area contributed by atoms with E-state index in [1.165, 1.54) is 0 Å². The lowest BCUT2D eigenvalue weighted by atomic mass is 10.0. The Morgan fingerprint density at radius 1 is 1.17 bits per heavy atom. The van der Waals surface area contributed by atoms with Crippen LogP contribution in [0.2, 0.25) is 0 Å². The minimum Gasteiger partial charge on any atom is -0.493 e. The first kappa shape index (κ1) is 22.1. The predicted octanol–water partition coefficient (Wildman–Crippen LogP) is 4.00. The van der Waals surface area contributed by atoms with Gasteiger partial charge in [0, 0.05) is 12.8 Å². The lowest BCUT2D eigenvalue weighted by Gasteiger charge is -2.21. The number of hydrogen-bond donors (Lipinski definition) is 0. The number of rotatable bonds is 9. The fourth-order valence-electron chi connectivity index (χ4n) is 3.10. The fourth-order valence-corrected chi connectivity index (χ4v) is 3.72. The second-order valence-corrected chi connectivity index (χ2v) is 7.27. The number of fused-ring (bicyclic) bond motifs is 1. The van der Waals surface area contributed by atoms with E-state index in [1.807, 2.05) is 19.1 Å². The van der Waals surface area contributed by atoms with Gasteiger partial charge in [-0.05, 0) is 58.2 Å². The lowest BCUT2D eigenvalue weighted by molar-refractivity contribution is -0.129. The highest BCUT2D eigenvalue weighted by Gasteiger charge is 2.23. The average Bonchev–Trinajstić information content (AvgIpc) is 2.76. The van der Waals surface area contributed by atoms with Gasteiger partial charge in [-0.1, -0.05) is 6.07 Å². The van der Waals surface area contributed by atoms with E-state index in [0.29, 0.717) is 42.8 Å². The van der Waals surface area contributed by atoms with Crippen molar-refractivity contribution < 1.29 is 28.5 Å². The van der Waals surface area contributed by atoms with E-state index in [9.17, 15) is 4.79 Å². The number of carbonyl (C=O) groups is 1. The summed E-state index contributed by atoms with van der Waals surface area (Å²) in [5, 5.41) is 0. The monoisotopic (exact) mass is 477 g/mol. The second-order valence-electron chi connectivity index (χ2n) is 6.41. The molecule has 1 aliphatic heterocycles. The minimum absolute atomic E-state index is 0.0227. The van der Waals surface area contributed by atoms with Crippen molar-refractivity contribution in [3.63, 3.8) is 0 Å². The van der Waals surface area contributed by atoms with E-state index < -0.39 is 6.10 Å². The van der Waals surface area contributed by atoms with Gasteiger partial charge in [0.25, 0.3) is 0 Å². The first-order valence-corrected chi connectivity index (χ1v) is 10.3. The van der Waals surface area contributed by atoms with Gasteiger partial charge in [0.2, 0.25) is 0 Å². The van der Waals surface area contributed by atoms with Gasteiger partial charge < -0.3 is 23.7 Å². The zero-order valence-electron chi connectivity index (χ0n) is 17.1. The number of carbonyl (C=O) groups excluding carboxylic acids is 1. The van der Waals surface area contributed by atoms with E-state index in [1.54, 1.807) is 38.6 Å². The van der Waals surface area contributed by atoms with Gasteiger partial charge in [-0.2, -0.15) is 0 Å². The Hall–Kier alpha value is -2.58. The van der Waals surface area contributed by atoms with Gasteiger partial charge >= 0.3 is 0 Å². The summed E-state index contributed by atoms with van der Waals surface area (Å²) in [6, 6.07) is 9.05. The molecule has 1 heterocycles. The number of methoxy groups -OCH3 is 2. The maximum atomic E-state index is 12.8. The molecule has 0 amide bonds. The molecule has 0 spiro atoms. The summed E-state index contributed by atoms with van der Waals surface area (Å²) < 4.78 is 28.2. The number of aliphatic imine (C=N–C) groups is 1. The Bertz CT molecular complexity index is 930. The number of nitrogens with zero attached hydrogens (tertiary/aromatic N) is 1. The van der Waals surface area contributed by atoms with Crippen LogP contribution >= 0.6 is 15.9 Å². The summed E-state index contributed by atoms with van der Waals surface area (Å²) in [4.78, 5) is 17.1. The van der Waals surface area contributed by atoms with Crippen LogP contribution in [-0.2, 0) is 9.53 Å². The summed E-state index contributed by atoms with van der Waals surface area (Å²) in [6.07, 6.45) is 0.900. The van der Waals surface area contributed by atoms with Gasteiger partial charge in [0.05, 0.1) is 18.7 Å². The molecule has 1 atom stereocenters. The Kier molecular flexibility index (Phi) is 7.70. The Morgan fingerprint density at radius 2 is 1.93 bits per heavy atom. The van der Waals surface area contributed by atoms with Crippen LogP contribution in [0, 0.1) is 0 Å². The minimum atomic E-state index is -0.722. The van der Waals surface area contributed by atoms with Crippen molar-refractivity contribution in [2.45, 2.75) is 13.0 Å². The first-order chi connectivity index (χ1) is 14.6. The first-order valence-electron chi connectivity index (χ1n) is 9.52. The number of halogens is 1. The molecule has 160 valence electrons. The maximum Gasteiger partial charge on any atom is 0.187 e. The topological polar surface area (TPSA) is 75.6 Å². The SMILES string of the molecule is CCOC(C(=O)CN=Cc1cc(Br)c(OC)c(OC)c1)c1ccc2c(c1)OCCO2. The van der Waals surface area contributed by atoms with Crippen LogP contribution in [0.4, 0.5) is 0 Å². The molecule has 0 saturated carbocycles.